The maximum absolute atomic E-state index is 12.6. The molecule has 2 heterocycles. The number of carbonyl (C=O) groups excluding carboxylic acids is 1. The van der Waals surface area contributed by atoms with Gasteiger partial charge in [-0.05, 0) is 43.5 Å². The summed E-state index contributed by atoms with van der Waals surface area (Å²) in [6.07, 6.45) is 3.38. The van der Waals surface area contributed by atoms with Crippen LogP contribution in [0.25, 0.3) is 0 Å². The first kappa shape index (κ1) is 20.4. The Balaban J connectivity index is 1.52. The molecule has 1 fully saturated rings. The van der Waals surface area contributed by atoms with Crippen LogP contribution in [0.3, 0.4) is 0 Å². The fraction of sp³-hybridized carbons (Fsp3) is 0.450. The number of furan rings is 1. The van der Waals surface area contributed by atoms with E-state index in [-0.39, 0.29) is 16.8 Å². The highest BCUT2D eigenvalue weighted by atomic mass is 32.2. The highest BCUT2D eigenvalue weighted by molar-refractivity contribution is 7.89. The van der Waals surface area contributed by atoms with E-state index in [0.717, 1.165) is 25.0 Å². The average molecular weight is 407 g/mol. The van der Waals surface area contributed by atoms with Crippen molar-refractivity contribution in [1.82, 2.24) is 9.21 Å². The van der Waals surface area contributed by atoms with Crippen LogP contribution in [0.2, 0.25) is 0 Å². The van der Waals surface area contributed by atoms with E-state index in [1.165, 1.54) is 21.3 Å². The van der Waals surface area contributed by atoms with E-state index >= 15 is 0 Å². The third-order valence-electron chi connectivity index (χ3n) is 4.70. The van der Waals surface area contributed by atoms with Gasteiger partial charge in [-0.3, -0.25) is 4.79 Å². The van der Waals surface area contributed by atoms with Crippen molar-refractivity contribution in [2.24, 2.45) is 0 Å². The van der Waals surface area contributed by atoms with E-state index < -0.39 is 10.0 Å². The Hall–Kier alpha value is -2.32. The van der Waals surface area contributed by atoms with Gasteiger partial charge in [0, 0.05) is 26.7 Å². The number of ether oxygens (including phenoxy) is 1. The van der Waals surface area contributed by atoms with Gasteiger partial charge in [0.05, 0.1) is 6.61 Å². The number of sulfonamides is 1. The number of piperidine rings is 1. The van der Waals surface area contributed by atoms with Gasteiger partial charge in [0.1, 0.15) is 5.75 Å². The van der Waals surface area contributed by atoms with E-state index in [2.05, 4.69) is 0 Å². The van der Waals surface area contributed by atoms with E-state index in [0.29, 0.717) is 32.7 Å². The molecule has 0 atom stereocenters. The molecule has 0 N–H and O–H groups in total. The van der Waals surface area contributed by atoms with Crippen molar-refractivity contribution in [3.8, 4) is 5.75 Å². The second-order valence-electron chi connectivity index (χ2n) is 6.83. The molecular formula is C20H26N2O5S. The fourth-order valence-electron chi connectivity index (χ4n) is 3.10. The number of rotatable bonds is 8. The molecule has 7 nitrogen and oxygen atoms in total. The van der Waals surface area contributed by atoms with Crippen molar-refractivity contribution >= 4 is 15.9 Å². The summed E-state index contributed by atoms with van der Waals surface area (Å²) >= 11 is 0. The van der Waals surface area contributed by atoms with Crippen LogP contribution >= 0.6 is 0 Å². The van der Waals surface area contributed by atoms with Crippen molar-refractivity contribution in [3.63, 3.8) is 0 Å². The lowest BCUT2D eigenvalue weighted by molar-refractivity contribution is 0.0750. The quantitative estimate of drug-likeness (QED) is 0.630. The third kappa shape index (κ3) is 4.94. The van der Waals surface area contributed by atoms with E-state index in [9.17, 15) is 13.2 Å². The molecule has 2 aromatic rings. The molecule has 0 unspecified atom stereocenters. The molecule has 3 rings (SSSR count). The summed E-state index contributed by atoms with van der Waals surface area (Å²) in [4.78, 5) is 14.0. The number of hydrogen-bond donors (Lipinski definition) is 0. The number of nitrogens with zero attached hydrogens (tertiary/aromatic N) is 2. The molecule has 1 aromatic carbocycles. The predicted octanol–water partition coefficient (Wildman–Crippen LogP) is 3.00. The Bertz CT molecular complexity index is 873. The molecule has 0 bridgehead atoms. The molecule has 0 spiro atoms. The van der Waals surface area contributed by atoms with Crippen LogP contribution in [-0.4, -0.2) is 56.8 Å². The third-order valence-corrected chi connectivity index (χ3v) is 6.47. The van der Waals surface area contributed by atoms with Gasteiger partial charge in [-0.25, -0.2) is 8.42 Å². The summed E-state index contributed by atoms with van der Waals surface area (Å²) < 4.78 is 37.7. The summed E-state index contributed by atoms with van der Waals surface area (Å²) in [5, 5.41) is -0.168. The number of carbonyl (C=O) groups is 1. The first-order chi connectivity index (χ1) is 13.5. The van der Waals surface area contributed by atoms with Crippen LogP contribution in [-0.2, 0) is 10.0 Å². The molecule has 28 heavy (non-hydrogen) atoms. The molecule has 1 aliphatic heterocycles. The van der Waals surface area contributed by atoms with Gasteiger partial charge in [0.25, 0.3) is 15.9 Å². The van der Waals surface area contributed by atoms with Crippen LogP contribution in [0.15, 0.2) is 52.0 Å². The van der Waals surface area contributed by atoms with Gasteiger partial charge in [0.15, 0.2) is 5.76 Å². The lowest BCUT2D eigenvalue weighted by Gasteiger charge is -2.24. The second-order valence-corrected chi connectivity index (χ2v) is 8.69. The van der Waals surface area contributed by atoms with Crippen LogP contribution in [0.4, 0.5) is 0 Å². The minimum Gasteiger partial charge on any atom is -0.494 e. The molecule has 0 saturated carbocycles. The van der Waals surface area contributed by atoms with Gasteiger partial charge < -0.3 is 14.1 Å². The standard InChI is InChI=1S/C20H26N2O5S/c1-21(13-8-16-26-17-9-4-2-5-10-17)20(23)18-11-12-19(27-18)28(24,25)22-14-6-3-7-15-22/h2,4-5,9-12H,3,6-8,13-16H2,1H3. The van der Waals surface area contributed by atoms with Gasteiger partial charge in [-0.15, -0.1) is 0 Å². The molecule has 0 radical (unpaired) electrons. The molecule has 8 heteroatoms. The van der Waals surface area contributed by atoms with Crippen molar-refractivity contribution < 1.29 is 22.4 Å². The van der Waals surface area contributed by atoms with Crippen molar-refractivity contribution in [2.45, 2.75) is 30.8 Å². The zero-order valence-corrected chi connectivity index (χ0v) is 16.9. The Morgan fingerprint density at radius 3 is 2.54 bits per heavy atom. The van der Waals surface area contributed by atoms with Gasteiger partial charge in [0.2, 0.25) is 5.09 Å². The smallest absolute Gasteiger partial charge is 0.289 e. The molecule has 0 aliphatic carbocycles. The summed E-state index contributed by atoms with van der Waals surface area (Å²) in [6, 6.07) is 12.3. The fourth-order valence-corrected chi connectivity index (χ4v) is 4.53. The second kappa shape index (κ2) is 9.25. The molecule has 1 saturated heterocycles. The Kier molecular flexibility index (Phi) is 6.74. The molecule has 1 amide bonds. The van der Waals surface area contributed by atoms with Gasteiger partial charge in [-0.1, -0.05) is 24.6 Å². The van der Waals surface area contributed by atoms with Crippen LogP contribution in [0.1, 0.15) is 36.2 Å². The summed E-state index contributed by atoms with van der Waals surface area (Å²) in [5.41, 5.74) is 0. The maximum atomic E-state index is 12.6. The number of hydrogen-bond acceptors (Lipinski definition) is 5. The molecule has 1 aliphatic rings. The highest BCUT2D eigenvalue weighted by Gasteiger charge is 2.30. The normalized spacial score (nSPS) is 15.3. The highest BCUT2D eigenvalue weighted by Crippen LogP contribution is 2.23. The average Bonchev–Trinajstić information content (AvgIpc) is 3.23. The zero-order valence-electron chi connectivity index (χ0n) is 16.0. The summed E-state index contributed by atoms with van der Waals surface area (Å²) in [5.74, 6) is 0.469. The van der Waals surface area contributed by atoms with E-state index in [1.807, 2.05) is 30.3 Å². The monoisotopic (exact) mass is 406 g/mol. The molecule has 152 valence electrons. The van der Waals surface area contributed by atoms with Crippen LogP contribution < -0.4 is 4.74 Å². The minimum atomic E-state index is -3.68. The van der Waals surface area contributed by atoms with Crippen molar-refractivity contribution in [1.29, 1.82) is 0 Å². The first-order valence-electron chi connectivity index (χ1n) is 9.52. The van der Waals surface area contributed by atoms with E-state index in [4.69, 9.17) is 9.15 Å². The summed E-state index contributed by atoms with van der Waals surface area (Å²) in [7, 11) is -2.02. The topological polar surface area (TPSA) is 80.1 Å². The van der Waals surface area contributed by atoms with Crippen molar-refractivity contribution in [2.75, 3.05) is 33.3 Å². The number of benzene rings is 1. The number of amides is 1. The van der Waals surface area contributed by atoms with Crippen molar-refractivity contribution in [3.05, 3.63) is 48.2 Å². The summed E-state index contributed by atoms with van der Waals surface area (Å²) in [6.45, 7) is 1.94. The van der Waals surface area contributed by atoms with Crippen LogP contribution in [0, 0.1) is 0 Å². The molecular weight excluding hydrogens is 380 g/mol. The Labute approximate surface area is 165 Å². The number of para-hydroxylation sites is 1. The van der Waals surface area contributed by atoms with E-state index in [1.54, 1.807) is 7.05 Å². The lowest BCUT2D eigenvalue weighted by Crippen LogP contribution is -2.35. The maximum Gasteiger partial charge on any atom is 0.289 e. The predicted molar refractivity (Wildman–Crippen MR) is 105 cm³/mol. The zero-order chi connectivity index (χ0) is 20.0. The Morgan fingerprint density at radius 1 is 1.11 bits per heavy atom. The minimum absolute atomic E-state index is 0.0297. The van der Waals surface area contributed by atoms with Gasteiger partial charge in [-0.2, -0.15) is 4.31 Å². The lowest BCUT2D eigenvalue weighted by atomic mass is 10.2. The first-order valence-corrected chi connectivity index (χ1v) is 11.0. The molecule has 1 aromatic heterocycles. The van der Waals surface area contributed by atoms with Crippen LogP contribution in [0.5, 0.6) is 5.75 Å². The largest absolute Gasteiger partial charge is 0.494 e. The SMILES string of the molecule is CN(CCCOc1ccccc1)C(=O)c1ccc(S(=O)(=O)N2CCCCC2)o1. The van der Waals surface area contributed by atoms with Gasteiger partial charge >= 0.3 is 0 Å². The Morgan fingerprint density at radius 2 is 1.82 bits per heavy atom.